The normalized spacial score (nSPS) is 20.9. The first-order valence-corrected chi connectivity index (χ1v) is 6.44. The maximum absolute atomic E-state index is 13.7. The van der Waals surface area contributed by atoms with E-state index in [4.69, 9.17) is 22.7 Å². The fourth-order valence-electron chi connectivity index (χ4n) is 2.34. The third-order valence-electron chi connectivity index (χ3n) is 3.35. The molecule has 1 saturated heterocycles. The van der Waals surface area contributed by atoms with Crippen LogP contribution in [-0.4, -0.2) is 23.8 Å². The van der Waals surface area contributed by atoms with E-state index in [1.165, 1.54) is 6.07 Å². The Balaban J connectivity index is 2.02. The van der Waals surface area contributed by atoms with Crippen molar-refractivity contribution in [3.05, 3.63) is 34.6 Å². The standard InChI is InChI=1S/C13H17ClFN3/c14-11-4-3-9(12(15)6-11)7-18-5-1-2-10(8-18)13(16)17/h3-4,6,10H,1-2,5,7-8H2,(H3,16,17). The van der Waals surface area contributed by atoms with Crippen molar-refractivity contribution in [3.63, 3.8) is 0 Å². The number of nitrogens with one attached hydrogen (secondary N) is 1. The second kappa shape index (κ2) is 5.67. The van der Waals surface area contributed by atoms with Gasteiger partial charge in [-0.25, -0.2) is 4.39 Å². The molecule has 1 aromatic rings. The van der Waals surface area contributed by atoms with Gasteiger partial charge >= 0.3 is 0 Å². The van der Waals surface area contributed by atoms with Crippen molar-refractivity contribution in [2.45, 2.75) is 19.4 Å². The highest BCUT2D eigenvalue weighted by molar-refractivity contribution is 6.30. The summed E-state index contributed by atoms with van der Waals surface area (Å²) >= 11 is 5.73. The monoisotopic (exact) mass is 269 g/mol. The number of likely N-dealkylation sites (tertiary alicyclic amines) is 1. The summed E-state index contributed by atoms with van der Waals surface area (Å²) < 4.78 is 13.7. The minimum Gasteiger partial charge on any atom is -0.387 e. The van der Waals surface area contributed by atoms with Gasteiger partial charge in [0.15, 0.2) is 0 Å². The second-order valence-corrected chi connectivity index (χ2v) is 5.20. The van der Waals surface area contributed by atoms with Gasteiger partial charge in [0, 0.05) is 29.6 Å². The van der Waals surface area contributed by atoms with Crippen LogP contribution in [-0.2, 0) is 6.54 Å². The van der Waals surface area contributed by atoms with Crippen LogP contribution >= 0.6 is 11.6 Å². The molecule has 0 aromatic heterocycles. The number of nitrogens with zero attached hydrogens (tertiary/aromatic N) is 1. The third kappa shape index (κ3) is 3.21. The van der Waals surface area contributed by atoms with Gasteiger partial charge in [0.25, 0.3) is 0 Å². The number of benzene rings is 1. The van der Waals surface area contributed by atoms with E-state index >= 15 is 0 Å². The molecule has 1 fully saturated rings. The quantitative estimate of drug-likeness (QED) is 0.655. The molecule has 0 radical (unpaired) electrons. The van der Waals surface area contributed by atoms with Crippen LogP contribution in [0.1, 0.15) is 18.4 Å². The van der Waals surface area contributed by atoms with Gasteiger partial charge in [-0.1, -0.05) is 17.7 Å². The lowest BCUT2D eigenvalue weighted by molar-refractivity contribution is 0.193. The average molecular weight is 270 g/mol. The molecule has 0 spiro atoms. The van der Waals surface area contributed by atoms with Crippen LogP contribution in [0.15, 0.2) is 18.2 Å². The third-order valence-corrected chi connectivity index (χ3v) is 3.59. The summed E-state index contributed by atoms with van der Waals surface area (Å²) in [5.41, 5.74) is 6.18. The number of piperidine rings is 1. The average Bonchev–Trinajstić information content (AvgIpc) is 2.33. The zero-order valence-corrected chi connectivity index (χ0v) is 10.9. The minimum absolute atomic E-state index is 0.106. The minimum atomic E-state index is -0.271. The predicted molar refractivity (Wildman–Crippen MR) is 71.3 cm³/mol. The van der Waals surface area contributed by atoms with Crippen molar-refractivity contribution >= 4 is 17.4 Å². The number of hydrogen-bond acceptors (Lipinski definition) is 2. The summed E-state index contributed by atoms with van der Waals surface area (Å²) in [4.78, 5) is 2.14. The lowest BCUT2D eigenvalue weighted by Gasteiger charge is -2.32. The molecule has 1 atom stereocenters. The Morgan fingerprint density at radius 1 is 1.56 bits per heavy atom. The molecule has 2 rings (SSSR count). The summed E-state index contributed by atoms with van der Waals surface area (Å²) in [5, 5.41) is 7.90. The van der Waals surface area contributed by atoms with E-state index < -0.39 is 0 Å². The zero-order chi connectivity index (χ0) is 13.1. The van der Waals surface area contributed by atoms with E-state index in [-0.39, 0.29) is 17.6 Å². The second-order valence-electron chi connectivity index (χ2n) is 4.77. The summed E-state index contributed by atoms with van der Waals surface area (Å²) in [7, 11) is 0. The first kappa shape index (κ1) is 13.3. The Hall–Kier alpha value is -1.13. The van der Waals surface area contributed by atoms with Crippen molar-refractivity contribution in [2.75, 3.05) is 13.1 Å². The van der Waals surface area contributed by atoms with Gasteiger partial charge in [-0.05, 0) is 31.5 Å². The predicted octanol–water partition coefficient (Wildman–Crippen LogP) is 2.63. The summed E-state index contributed by atoms with van der Waals surface area (Å²) in [6.07, 6.45) is 1.95. The van der Waals surface area contributed by atoms with E-state index in [0.29, 0.717) is 17.1 Å². The number of rotatable bonds is 3. The first-order valence-electron chi connectivity index (χ1n) is 6.06. The van der Waals surface area contributed by atoms with Crippen LogP contribution < -0.4 is 5.73 Å². The molecule has 0 aliphatic carbocycles. The van der Waals surface area contributed by atoms with Gasteiger partial charge < -0.3 is 5.73 Å². The van der Waals surface area contributed by atoms with Crippen molar-refractivity contribution in [1.82, 2.24) is 4.90 Å². The van der Waals surface area contributed by atoms with E-state index in [1.807, 2.05) is 0 Å². The van der Waals surface area contributed by atoms with Crippen molar-refractivity contribution in [1.29, 1.82) is 5.41 Å². The molecule has 0 amide bonds. The fraction of sp³-hybridized carbons (Fsp3) is 0.462. The van der Waals surface area contributed by atoms with Crippen LogP contribution in [0.3, 0.4) is 0 Å². The Morgan fingerprint density at radius 2 is 2.33 bits per heavy atom. The highest BCUT2D eigenvalue weighted by Crippen LogP contribution is 2.21. The Morgan fingerprint density at radius 3 is 3.00 bits per heavy atom. The first-order chi connectivity index (χ1) is 8.56. The molecule has 1 aromatic carbocycles. The molecule has 98 valence electrons. The Kier molecular flexibility index (Phi) is 4.19. The van der Waals surface area contributed by atoms with Gasteiger partial charge in [-0.15, -0.1) is 0 Å². The molecule has 1 aliphatic heterocycles. The lowest BCUT2D eigenvalue weighted by Crippen LogP contribution is -2.40. The highest BCUT2D eigenvalue weighted by atomic mass is 35.5. The van der Waals surface area contributed by atoms with Gasteiger partial charge in [0.1, 0.15) is 5.82 Å². The molecule has 18 heavy (non-hydrogen) atoms. The summed E-state index contributed by atoms with van der Waals surface area (Å²) in [5.74, 6) is 0.0674. The van der Waals surface area contributed by atoms with Gasteiger partial charge in [-0.3, -0.25) is 10.3 Å². The largest absolute Gasteiger partial charge is 0.387 e. The van der Waals surface area contributed by atoms with Crippen LogP contribution in [0.5, 0.6) is 0 Å². The van der Waals surface area contributed by atoms with Gasteiger partial charge in [0.2, 0.25) is 0 Å². The molecular formula is C13H17ClFN3. The molecule has 3 nitrogen and oxygen atoms in total. The fourth-order valence-corrected chi connectivity index (χ4v) is 2.50. The van der Waals surface area contributed by atoms with Crippen LogP contribution in [0.25, 0.3) is 0 Å². The van der Waals surface area contributed by atoms with E-state index in [2.05, 4.69) is 4.90 Å². The van der Waals surface area contributed by atoms with E-state index in [0.717, 1.165) is 25.9 Å². The van der Waals surface area contributed by atoms with Crippen LogP contribution in [0.4, 0.5) is 4.39 Å². The SMILES string of the molecule is N=C(N)C1CCCN(Cc2ccc(Cl)cc2F)C1. The molecular weight excluding hydrogens is 253 g/mol. The van der Waals surface area contributed by atoms with Crippen molar-refractivity contribution in [2.24, 2.45) is 11.7 Å². The molecule has 5 heteroatoms. The number of hydrogen-bond donors (Lipinski definition) is 2. The molecule has 1 unspecified atom stereocenters. The lowest BCUT2D eigenvalue weighted by atomic mass is 9.96. The van der Waals surface area contributed by atoms with E-state index in [1.54, 1.807) is 12.1 Å². The Labute approximate surface area is 111 Å². The maximum atomic E-state index is 13.7. The van der Waals surface area contributed by atoms with Crippen LogP contribution in [0.2, 0.25) is 5.02 Å². The maximum Gasteiger partial charge on any atom is 0.129 e. The van der Waals surface area contributed by atoms with Gasteiger partial charge in [0.05, 0.1) is 5.84 Å². The Bertz CT molecular complexity index is 450. The number of halogens is 2. The highest BCUT2D eigenvalue weighted by Gasteiger charge is 2.22. The van der Waals surface area contributed by atoms with E-state index in [9.17, 15) is 4.39 Å². The number of nitrogens with two attached hydrogens (primary N) is 1. The summed E-state index contributed by atoms with van der Waals surface area (Å²) in [6, 6.07) is 4.75. The molecule has 1 heterocycles. The van der Waals surface area contributed by atoms with Crippen molar-refractivity contribution < 1.29 is 4.39 Å². The molecule has 1 aliphatic rings. The molecule has 0 bridgehead atoms. The van der Waals surface area contributed by atoms with Crippen LogP contribution in [0, 0.1) is 17.1 Å². The summed E-state index contributed by atoms with van der Waals surface area (Å²) in [6.45, 7) is 2.20. The molecule has 0 saturated carbocycles. The topological polar surface area (TPSA) is 53.1 Å². The molecule has 3 N–H and O–H groups in total. The number of amidine groups is 1. The zero-order valence-electron chi connectivity index (χ0n) is 10.1. The van der Waals surface area contributed by atoms with Crippen molar-refractivity contribution in [3.8, 4) is 0 Å². The van der Waals surface area contributed by atoms with Gasteiger partial charge in [-0.2, -0.15) is 0 Å². The smallest absolute Gasteiger partial charge is 0.129 e.